The van der Waals surface area contributed by atoms with Crippen LogP contribution < -0.4 is 10.2 Å². The fraction of sp³-hybridized carbons (Fsp3) is 0.235. The van der Waals surface area contributed by atoms with Gasteiger partial charge in [0.2, 0.25) is 5.91 Å². The molecule has 0 radical (unpaired) electrons. The highest BCUT2D eigenvalue weighted by Crippen LogP contribution is 2.29. The van der Waals surface area contributed by atoms with Gasteiger partial charge < -0.3 is 10.2 Å². The minimum Gasteiger partial charge on any atom is -0.359 e. The lowest BCUT2D eigenvalue weighted by atomic mass is 10.1. The molecule has 0 unspecified atom stereocenters. The molecule has 5 heteroatoms. The van der Waals surface area contributed by atoms with Crippen LogP contribution in [0.25, 0.3) is 0 Å². The van der Waals surface area contributed by atoms with Gasteiger partial charge in [0.25, 0.3) is 0 Å². The maximum atomic E-state index is 13.8. The van der Waals surface area contributed by atoms with Gasteiger partial charge >= 0.3 is 0 Å². The van der Waals surface area contributed by atoms with Crippen molar-refractivity contribution >= 4 is 33.2 Å². The molecule has 1 heterocycles. The van der Waals surface area contributed by atoms with Crippen LogP contribution in [0.5, 0.6) is 0 Å². The Kier molecular flexibility index (Phi) is 4.16. The Hall–Kier alpha value is -1.88. The summed E-state index contributed by atoms with van der Waals surface area (Å²) in [6.07, 6.45) is 0.931. The standard InChI is InChI=1S/C17H16BrFN2O/c1-11(21-9-8-12-4-2-3-5-16(12)21)17(22)20-15-7-6-13(18)10-14(15)19/h2-7,10-11H,8-9H2,1H3,(H,20,22)/t11-/m1/s1. The van der Waals surface area contributed by atoms with Crippen LogP contribution in [-0.2, 0) is 11.2 Å². The van der Waals surface area contributed by atoms with Gasteiger partial charge in [0.05, 0.1) is 5.69 Å². The molecule has 1 atom stereocenters. The van der Waals surface area contributed by atoms with Gasteiger partial charge in [-0.05, 0) is 43.2 Å². The second kappa shape index (κ2) is 6.08. The molecule has 0 saturated heterocycles. The third-order valence-electron chi connectivity index (χ3n) is 3.96. The Bertz CT molecular complexity index is 720. The number of fused-ring (bicyclic) bond motifs is 1. The Morgan fingerprint density at radius 1 is 1.32 bits per heavy atom. The lowest BCUT2D eigenvalue weighted by Crippen LogP contribution is -2.41. The smallest absolute Gasteiger partial charge is 0.246 e. The number of anilines is 2. The average Bonchev–Trinajstić information content (AvgIpc) is 2.93. The molecule has 3 nitrogen and oxygen atoms in total. The summed E-state index contributed by atoms with van der Waals surface area (Å²) in [7, 11) is 0. The van der Waals surface area contributed by atoms with Gasteiger partial charge in [-0.25, -0.2) is 4.39 Å². The van der Waals surface area contributed by atoms with Crippen molar-refractivity contribution in [3.05, 3.63) is 58.3 Å². The minimum atomic E-state index is -0.447. The topological polar surface area (TPSA) is 32.3 Å². The molecule has 1 aliphatic rings. The number of hydrogen-bond donors (Lipinski definition) is 1. The highest BCUT2D eigenvalue weighted by atomic mass is 79.9. The summed E-state index contributed by atoms with van der Waals surface area (Å²) in [5, 5.41) is 2.67. The summed E-state index contributed by atoms with van der Waals surface area (Å²) in [4.78, 5) is 14.5. The summed E-state index contributed by atoms with van der Waals surface area (Å²) in [5.41, 5.74) is 2.53. The lowest BCUT2D eigenvalue weighted by molar-refractivity contribution is -0.117. The molecule has 3 rings (SSSR count). The van der Waals surface area contributed by atoms with Crippen LogP contribution in [0.2, 0.25) is 0 Å². The van der Waals surface area contributed by atoms with Crippen molar-refractivity contribution in [1.82, 2.24) is 0 Å². The van der Waals surface area contributed by atoms with E-state index < -0.39 is 5.82 Å². The van der Waals surface area contributed by atoms with Gasteiger partial charge in [-0.1, -0.05) is 34.1 Å². The number of nitrogens with one attached hydrogen (secondary N) is 1. The molecule has 1 N–H and O–H groups in total. The van der Waals surface area contributed by atoms with E-state index in [1.165, 1.54) is 11.6 Å². The van der Waals surface area contributed by atoms with Crippen molar-refractivity contribution in [2.45, 2.75) is 19.4 Å². The van der Waals surface area contributed by atoms with E-state index in [2.05, 4.69) is 32.2 Å². The van der Waals surface area contributed by atoms with Crippen LogP contribution in [0, 0.1) is 5.82 Å². The number of rotatable bonds is 3. The van der Waals surface area contributed by atoms with Crippen LogP contribution in [0.15, 0.2) is 46.9 Å². The van der Waals surface area contributed by atoms with Gasteiger partial charge in [0.1, 0.15) is 11.9 Å². The summed E-state index contributed by atoms with van der Waals surface area (Å²) in [5.74, 6) is -0.658. The molecule has 1 amide bonds. The highest BCUT2D eigenvalue weighted by Gasteiger charge is 2.27. The maximum Gasteiger partial charge on any atom is 0.246 e. The van der Waals surface area contributed by atoms with Crippen LogP contribution in [-0.4, -0.2) is 18.5 Å². The molecule has 0 aromatic heterocycles. The normalized spacial score (nSPS) is 14.6. The van der Waals surface area contributed by atoms with E-state index in [-0.39, 0.29) is 17.6 Å². The molecule has 0 aliphatic carbocycles. The lowest BCUT2D eigenvalue weighted by Gasteiger charge is -2.26. The molecule has 2 aromatic carbocycles. The number of benzene rings is 2. The molecule has 22 heavy (non-hydrogen) atoms. The monoisotopic (exact) mass is 362 g/mol. The van der Waals surface area contributed by atoms with Crippen molar-refractivity contribution in [3.63, 3.8) is 0 Å². The number of carbonyl (C=O) groups is 1. The van der Waals surface area contributed by atoms with Crippen molar-refractivity contribution in [2.75, 3.05) is 16.8 Å². The van der Waals surface area contributed by atoms with Gasteiger partial charge in [0, 0.05) is 16.7 Å². The van der Waals surface area contributed by atoms with E-state index in [0.717, 1.165) is 18.7 Å². The number of halogens is 2. The summed E-state index contributed by atoms with van der Waals surface area (Å²) < 4.78 is 14.5. The van der Waals surface area contributed by atoms with Crippen molar-refractivity contribution in [3.8, 4) is 0 Å². The molecule has 0 bridgehead atoms. The SMILES string of the molecule is C[C@H](C(=O)Nc1ccc(Br)cc1F)N1CCc2ccccc21. The fourth-order valence-corrected chi connectivity index (χ4v) is 3.07. The summed E-state index contributed by atoms with van der Waals surface area (Å²) >= 11 is 3.20. The molecule has 0 saturated carbocycles. The van der Waals surface area contributed by atoms with Gasteiger partial charge in [0.15, 0.2) is 0 Å². The molecule has 1 aliphatic heterocycles. The summed E-state index contributed by atoms with van der Waals surface area (Å²) in [6, 6.07) is 12.3. The van der Waals surface area contributed by atoms with Crippen LogP contribution >= 0.6 is 15.9 Å². The Morgan fingerprint density at radius 3 is 2.86 bits per heavy atom. The van der Waals surface area contributed by atoms with Gasteiger partial charge in [-0.3, -0.25) is 4.79 Å². The van der Waals surface area contributed by atoms with E-state index >= 15 is 0 Å². The number of para-hydroxylation sites is 1. The number of hydrogen-bond acceptors (Lipinski definition) is 2. The van der Waals surface area contributed by atoms with E-state index in [1.807, 2.05) is 25.1 Å². The Morgan fingerprint density at radius 2 is 2.09 bits per heavy atom. The van der Waals surface area contributed by atoms with E-state index in [4.69, 9.17) is 0 Å². The fourth-order valence-electron chi connectivity index (χ4n) is 2.74. The first kappa shape index (κ1) is 15.0. The van der Waals surface area contributed by atoms with Crippen molar-refractivity contribution < 1.29 is 9.18 Å². The minimum absolute atomic E-state index is 0.201. The van der Waals surface area contributed by atoms with Crippen molar-refractivity contribution in [1.29, 1.82) is 0 Å². The molecule has 2 aromatic rings. The van der Waals surface area contributed by atoms with E-state index in [0.29, 0.717) is 4.47 Å². The number of amides is 1. The van der Waals surface area contributed by atoms with Crippen molar-refractivity contribution in [2.24, 2.45) is 0 Å². The van der Waals surface area contributed by atoms with E-state index in [1.54, 1.807) is 12.1 Å². The molecule has 114 valence electrons. The van der Waals surface area contributed by atoms with Crippen LogP contribution in [0.1, 0.15) is 12.5 Å². The first-order valence-corrected chi connectivity index (χ1v) is 7.96. The molecular weight excluding hydrogens is 347 g/mol. The Labute approximate surface area is 137 Å². The zero-order valence-corrected chi connectivity index (χ0v) is 13.7. The Balaban J connectivity index is 1.76. The quantitative estimate of drug-likeness (QED) is 0.895. The maximum absolute atomic E-state index is 13.8. The molecule has 0 fully saturated rings. The van der Waals surface area contributed by atoms with Crippen LogP contribution in [0.3, 0.4) is 0 Å². The first-order chi connectivity index (χ1) is 10.6. The van der Waals surface area contributed by atoms with Crippen LogP contribution in [0.4, 0.5) is 15.8 Å². The highest BCUT2D eigenvalue weighted by molar-refractivity contribution is 9.10. The average molecular weight is 363 g/mol. The van der Waals surface area contributed by atoms with Gasteiger partial charge in [-0.15, -0.1) is 0 Å². The van der Waals surface area contributed by atoms with E-state index in [9.17, 15) is 9.18 Å². The predicted octanol–water partition coefficient (Wildman–Crippen LogP) is 3.98. The molecular formula is C17H16BrFN2O. The zero-order valence-electron chi connectivity index (χ0n) is 12.1. The van der Waals surface area contributed by atoms with Gasteiger partial charge in [-0.2, -0.15) is 0 Å². The number of carbonyl (C=O) groups excluding carboxylic acids is 1. The molecule has 0 spiro atoms. The third-order valence-corrected chi connectivity index (χ3v) is 4.45. The predicted molar refractivity (Wildman–Crippen MR) is 89.7 cm³/mol. The second-order valence-electron chi connectivity index (χ2n) is 5.36. The second-order valence-corrected chi connectivity index (χ2v) is 6.28. The number of nitrogens with zero attached hydrogens (tertiary/aromatic N) is 1. The third kappa shape index (κ3) is 2.86. The largest absolute Gasteiger partial charge is 0.359 e. The zero-order chi connectivity index (χ0) is 15.7. The summed E-state index contributed by atoms with van der Waals surface area (Å²) in [6.45, 7) is 2.64. The first-order valence-electron chi connectivity index (χ1n) is 7.17.